The second-order valence-corrected chi connectivity index (χ2v) is 3.31. The van der Waals surface area contributed by atoms with E-state index in [2.05, 4.69) is 31.2 Å². The van der Waals surface area contributed by atoms with E-state index in [1.165, 1.54) is 26.3 Å². The summed E-state index contributed by atoms with van der Waals surface area (Å²) in [6.07, 6.45) is 0. The molecule has 10 heavy (non-hydrogen) atoms. The lowest BCUT2D eigenvalue weighted by Gasteiger charge is -1.90. The van der Waals surface area contributed by atoms with Crippen molar-refractivity contribution in [3.05, 3.63) is 29.8 Å². The summed E-state index contributed by atoms with van der Waals surface area (Å²) in [5.74, 6) is 0. The number of benzene rings is 1. The molecule has 0 radical (unpaired) electrons. The molecular weight excluding hydrogens is 182 g/mol. The molecule has 0 aliphatic heterocycles. The van der Waals surface area contributed by atoms with Gasteiger partial charge in [-0.2, -0.15) is 0 Å². The molecule has 0 spiro atoms. The number of aryl methyl sites for hydroxylation is 1. The molecule has 0 saturated heterocycles. The summed E-state index contributed by atoms with van der Waals surface area (Å²) in [5.41, 5.74) is 1.35. The normalized spacial score (nSPS) is 7.30. The van der Waals surface area contributed by atoms with Crippen LogP contribution < -0.4 is 4.43 Å². The van der Waals surface area contributed by atoms with E-state index in [0.717, 1.165) is 0 Å². The van der Waals surface area contributed by atoms with Crippen molar-refractivity contribution in [3.8, 4) is 0 Å². The van der Waals surface area contributed by atoms with Gasteiger partial charge in [0.05, 0.1) is 0 Å². The zero-order valence-corrected chi connectivity index (χ0v) is 9.76. The number of hydrogen-bond donors (Lipinski definition) is 0. The van der Waals surface area contributed by atoms with Crippen LogP contribution in [0.15, 0.2) is 24.3 Å². The molecule has 0 aromatic heterocycles. The Morgan fingerprint density at radius 3 is 1.70 bits per heavy atom. The fourth-order valence-electron chi connectivity index (χ4n) is 0.637. The van der Waals surface area contributed by atoms with Crippen LogP contribution in [0, 0.1) is 6.92 Å². The van der Waals surface area contributed by atoms with Crippen LogP contribution in [0.5, 0.6) is 0 Å². The van der Waals surface area contributed by atoms with Crippen molar-refractivity contribution >= 4 is 45.5 Å². The zero-order chi connectivity index (χ0) is 5.98. The molecule has 0 unspecified atom stereocenters. The molecule has 0 amide bonds. The van der Waals surface area contributed by atoms with Crippen LogP contribution in [0.2, 0.25) is 0 Å². The number of halogens is 2. The van der Waals surface area contributed by atoms with Gasteiger partial charge in [0.25, 0.3) is 16.3 Å². The first-order valence-corrected chi connectivity index (χ1v) is 3.82. The average molecular weight is 193 g/mol. The van der Waals surface area contributed by atoms with Gasteiger partial charge in [0.15, 0.2) is 0 Å². The third-order valence-corrected chi connectivity index (χ3v) is 1.88. The fraction of sp³-hybridized carbons (Fsp3) is 0.143. The van der Waals surface area contributed by atoms with E-state index in [4.69, 9.17) is 0 Å². The molecule has 0 aliphatic rings. The molecule has 0 aliphatic carbocycles. The van der Waals surface area contributed by atoms with Crippen molar-refractivity contribution in [2.45, 2.75) is 6.92 Å². The molecule has 1 aromatic rings. The SMILES string of the molecule is Cc1cc[c]([AlH2])cc1.Cl.Cl. The standard InChI is InChI=1S/C7H7.Al.2ClH.2H/c1-7-5-3-2-4-6-7;;;;;/h3-6H,1H3;;2*1H;;. The maximum Gasteiger partial charge on any atom is 0.258 e. The van der Waals surface area contributed by atoms with Gasteiger partial charge in [-0.15, -0.1) is 29.2 Å². The molecule has 56 valence electrons. The van der Waals surface area contributed by atoms with Crippen LogP contribution in [-0.2, 0) is 0 Å². The highest BCUT2D eigenvalue weighted by molar-refractivity contribution is 6.32. The van der Waals surface area contributed by atoms with Crippen molar-refractivity contribution in [1.82, 2.24) is 0 Å². The second kappa shape index (κ2) is 6.07. The maximum atomic E-state index is 2.18. The third-order valence-electron chi connectivity index (χ3n) is 1.22. The van der Waals surface area contributed by atoms with Gasteiger partial charge in [0.1, 0.15) is 0 Å². The van der Waals surface area contributed by atoms with Gasteiger partial charge >= 0.3 is 0 Å². The van der Waals surface area contributed by atoms with Crippen LogP contribution in [0.4, 0.5) is 0 Å². The van der Waals surface area contributed by atoms with Crippen molar-refractivity contribution < 1.29 is 0 Å². The highest BCUT2D eigenvalue weighted by Crippen LogP contribution is 1.90. The fourth-order valence-corrected chi connectivity index (χ4v) is 0.970. The van der Waals surface area contributed by atoms with Crippen LogP contribution in [0.3, 0.4) is 0 Å². The Bertz CT molecular complexity index is 150. The Balaban J connectivity index is 0. The minimum absolute atomic E-state index is 0. The Kier molecular flexibility index (Phi) is 7.87. The molecule has 0 atom stereocenters. The minimum Gasteiger partial charge on any atom is -0.147 e. The highest BCUT2D eigenvalue weighted by Gasteiger charge is 1.80. The quantitative estimate of drug-likeness (QED) is 0.541. The molecule has 0 fully saturated rings. The van der Waals surface area contributed by atoms with Gasteiger partial charge in [-0.05, 0) is 6.92 Å². The molecule has 3 heteroatoms. The van der Waals surface area contributed by atoms with E-state index in [1.807, 2.05) is 0 Å². The van der Waals surface area contributed by atoms with E-state index < -0.39 is 0 Å². The molecule has 0 bridgehead atoms. The van der Waals surface area contributed by atoms with E-state index in [9.17, 15) is 0 Å². The summed E-state index contributed by atoms with van der Waals surface area (Å²) in [6.45, 7) is 2.11. The number of hydrogen-bond acceptors (Lipinski definition) is 0. The predicted molar refractivity (Wildman–Crippen MR) is 53.9 cm³/mol. The summed E-state index contributed by atoms with van der Waals surface area (Å²) >= 11 is 1.17. The lowest BCUT2D eigenvalue weighted by molar-refractivity contribution is 1.49. The van der Waals surface area contributed by atoms with Crippen LogP contribution in [-0.4, -0.2) is 16.3 Å². The van der Waals surface area contributed by atoms with Crippen LogP contribution >= 0.6 is 24.8 Å². The Morgan fingerprint density at radius 1 is 1.00 bits per heavy atom. The summed E-state index contributed by atoms with van der Waals surface area (Å²) in [6, 6.07) is 8.67. The lowest BCUT2D eigenvalue weighted by atomic mass is 10.2. The van der Waals surface area contributed by atoms with Gasteiger partial charge in [-0.3, -0.25) is 0 Å². The summed E-state index contributed by atoms with van der Waals surface area (Å²) in [5, 5.41) is 0. The van der Waals surface area contributed by atoms with Crippen molar-refractivity contribution in [3.63, 3.8) is 0 Å². The van der Waals surface area contributed by atoms with Crippen molar-refractivity contribution in [2.75, 3.05) is 0 Å². The maximum absolute atomic E-state index is 2.18. The van der Waals surface area contributed by atoms with Gasteiger partial charge in [0, 0.05) is 0 Å². The predicted octanol–water partition coefficient (Wildman–Crippen LogP) is 1.10. The Morgan fingerprint density at radius 2 is 1.40 bits per heavy atom. The second-order valence-electron chi connectivity index (χ2n) is 2.15. The summed E-state index contributed by atoms with van der Waals surface area (Å²) < 4.78 is 1.47. The molecular formula is C7H11AlCl2. The lowest BCUT2D eigenvalue weighted by Crippen LogP contribution is -1.98. The molecule has 0 N–H and O–H groups in total. The summed E-state index contributed by atoms with van der Waals surface area (Å²) in [7, 11) is 0. The molecule has 1 rings (SSSR count). The Labute approximate surface area is 82.3 Å². The topological polar surface area (TPSA) is 0 Å². The Hall–Kier alpha value is 0.332. The van der Waals surface area contributed by atoms with E-state index in [1.54, 1.807) is 0 Å². The minimum atomic E-state index is 0. The zero-order valence-electron chi connectivity index (χ0n) is 6.13. The van der Waals surface area contributed by atoms with Crippen molar-refractivity contribution in [2.24, 2.45) is 0 Å². The summed E-state index contributed by atoms with van der Waals surface area (Å²) in [4.78, 5) is 0. The molecule has 0 heterocycles. The van der Waals surface area contributed by atoms with Crippen LogP contribution in [0.1, 0.15) is 5.56 Å². The average Bonchev–Trinajstić information content (AvgIpc) is 1.77. The molecule has 1 aromatic carbocycles. The third kappa shape index (κ3) is 4.20. The number of rotatable bonds is 0. The van der Waals surface area contributed by atoms with Gasteiger partial charge in [-0.25, -0.2) is 0 Å². The van der Waals surface area contributed by atoms with Crippen LogP contribution in [0.25, 0.3) is 0 Å². The molecule has 0 saturated carbocycles. The first-order chi connectivity index (χ1) is 3.79. The smallest absolute Gasteiger partial charge is 0.147 e. The van der Waals surface area contributed by atoms with E-state index in [0.29, 0.717) is 0 Å². The highest BCUT2D eigenvalue weighted by atomic mass is 35.5. The largest absolute Gasteiger partial charge is 0.258 e. The van der Waals surface area contributed by atoms with Crippen molar-refractivity contribution in [1.29, 1.82) is 0 Å². The van der Waals surface area contributed by atoms with Gasteiger partial charge in [-0.1, -0.05) is 29.8 Å². The van der Waals surface area contributed by atoms with Gasteiger partial charge < -0.3 is 0 Å². The van der Waals surface area contributed by atoms with E-state index in [-0.39, 0.29) is 24.8 Å². The van der Waals surface area contributed by atoms with Gasteiger partial charge in [0.2, 0.25) is 0 Å². The van der Waals surface area contributed by atoms with E-state index >= 15 is 0 Å². The molecule has 0 nitrogen and oxygen atoms in total. The monoisotopic (exact) mass is 192 g/mol. The first kappa shape index (κ1) is 13.0. The first-order valence-electron chi connectivity index (χ1n) is 2.82.